The second-order valence-corrected chi connectivity index (χ2v) is 8.20. The maximum Gasteiger partial charge on any atom is 0.293 e. The summed E-state index contributed by atoms with van der Waals surface area (Å²) in [7, 11) is 0. The summed E-state index contributed by atoms with van der Waals surface area (Å²) in [5.41, 5.74) is 3.67. The quantitative estimate of drug-likeness (QED) is 0.460. The summed E-state index contributed by atoms with van der Waals surface area (Å²) >= 11 is 0. The smallest absolute Gasteiger partial charge is 0.293 e. The number of hydrogen-bond acceptors (Lipinski definition) is 5. The van der Waals surface area contributed by atoms with Gasteiger partial charge in [0.2, 0.25) is 0 Å². The third-order valence-electron chi connectivity index (χ3n) is 6.14. The average molecular weight is 442 g/mol. The van der Waals surface area contributed by atoms with Gasteiger partial charge in [0.25, 0.3) is 17.5 Å². The molecule has 33 heavy (non-hydrogen) atoms. The minimum absolute atomic E-state index is 0.0483. The van der Waals surface area contributed by atoms with Crippen molar-refractivity contribution in [2.75, 3.05) is 28.2 Å². The molecule has 0 unspecified atom stereocenters. The molecule has 2 aliphatic heterocycles. The van der Waals surface area contributed by atoms with Crippen LogP contribution in [0.25, 0.3) is 0 Å². The van der Waals surface area contributed by atoms with E-state index in [9.17, 15) is 19.7 Å². The first-order valence-electron chi connectivity index (χ1n) is 10.9. The third kappa shape index (κ3) is 3.91. The lowest BCUT2D eigenvalue weighted by Crippen LogP contribution is -2.23. The number of fused-ring (bicyclic) bond motifs is 1. The number of nitro groups is 1. The Hall–Kier alpha value is -4.20. The van der Waals surface area contributed by atoms with E-state index in [2.05, 4.69) is 5.32 Å². The number of carbonyl (C=O) groups excluding carboxylic acids is 2. The molecule has 0 saturated carbocycles. The van der Waals surface area contributed by atoms with Gasteiger partial charge >= 0.3 is 0 Å². The molecule has 0 atom stereocenters. The fourth-order valence-corrected chi connectivity index (χ4v) is 4.43. The van der Waals surface area contributed by atoms with E-state index in [1.54, 1.807) is 41.3 Å². The Morgan fingerprint density at radius 1 is 0.970 bits per heavy atom. The van der Waals surface area contributed by atoms with E-state index in [1.807, 2.05) is 29.2 Å². The molecular weight excluding hydrogens is 420 g/mol. The fourth-order valence-electron chi connectivity index (χ4n) is 4.43. The molecule has 1 N–H and O–H groups in total. The number of hydrogen-bond donors (Lipinski definition) is 1. The van der Waals surface area contributed by atoms with Crippen molar-refractivity contribution in [3.05, 3.63) is 93.5 Å². The molecule has 8 nitrogen and oxygen atoms in total. The molecule has 0 spiro atoms. The molecule has 2 heterocycles. The number of anilines is 3. The summed E-state index contributed by atoms with van der Waals surface area (Å²) in [5.74, 6) is -0.476. The van der Waals surface area contributed by atoms with Crippen molar-refractivity contribution in [2.24, 2.45) is 0 Å². The molecule has 0 radical (unpaired) electrons. The van der Waals surface area contributed by atoms with Crippen molar-refractivity contribution in [1.82, 2.24) is 0 Å². The van der Waals surface area contributed by atoms with Gasteiger partial charge < -0.3 is 15.1 Å². The molecule has 2 amide bonds. The number of benzene rings is 3. The average Bonchev–Trinajstić information content (AvgIpc) is 3.48. The van der Waals surface area contributed by atoms with Crippen LogP contribution in [0.4, 0.5) is 22.7 Å². The van der Waals surface area contributed by atoms with Crippen LogP contribution < -0.4 is 15.1 Å². The second-order valence-electron chi connectivity index (χ2n) is 8.20. The monoisotopic (exact) mass is 442 g/mol. The van der Waals surface area contributed by atoms with Gasteiger partial charge in [-0.2, -0.15) is 0 Å². The largest absolute Gasteiger partial charge is 0.366 e. The first kappa shape index (κ1) is 20.7. The van der Waals surface area contributed by atoms with Crippen LogP contribution in [0.15, 0.2) is 66.7 Å². The van der Waals surface area contributed by atoms with Crippen LogP contribution in [0.1, 0.15) is 39.1 Å². The van der Waals surface area contributed by atoms with E-state index < -0.39 is 10.8 Å². The number of rotatable bonds is 5. The highest BCUT2D eigenvalue weighted by atomic mass is 16.6. The Morgan fingerprint density at radius 3 is 2.39 bits per heavy atom. The van der Waals surface area contributed by atoms with Gasteiger partial charge in [0.05, 0.1) is 11.5 Å². The van der Waals surface area contributed by atoms with Gasteiger partial charge in [-0.15, -0.1) is 0 Å². The van der Waals surface area contributed by atoms with E-state index >= 15 is 0 Å². The molecule has 166 valence electrons. The van der Waals surface area contributed by atoms with Gasteiger partial charge in [0, 0.05) is 41.7 Å². The van der Waals surface area contributed by atoms with E-state index in [0.29, 0.717) is 23.5 Å². The fraction of sp³-hybridized carbons (Fsp3) is 0.200. The SMILES string of the molecule is O=C(Nc1ccc(N2Cc3ccccc3C2=O)cc1)c1ccc(N2CCCC2)c([N+](=O)[O-])c1. The van der Waals surface area contributed by atoms with Gasteiger partial charge in [-0.3, -0.25) is 19.7 Å². The summed E-state index contributed by atoms with van der Waals surface area (Å²) in [6, 6.07) is 19.1. The Labute approximate surface area is 190 Å². The predicted molar refractivity (Wildman–Crippen MR) is 126 cm³/mol. The van der Waals surface area contributed by atoms with Crippen LogP contribution in [0.5, 0.6) is 0 Å². The lowest BCUT2D eigenvalue weighted by Gasteiger charge is -2.18. The van der Waals surface area contributed by atoms with E-state index in [1.165, 1.54) is 6.07 Å². The van der Waals surface area contributed by atoms with Gasteiger partial charge in [-0.1, -0.05) is 18.2 Å². The van der Waals surface area contributed by atoms with Crippen molar-refractivity contribution in [3.8, 4) is 0 Å². The molecule has 1 fully saturated rings. The first-order valence-corrected chi connectivity index (χ1v) is 10.9. The molecule has 3 aromatic carbocycles. The van der Waals surface area contributed by atoms with Gasteiger partial charge in [0.15, 0.2) is 0 Å². The predicted octanol–water partition coefficient (Wildman–Crippen LogP) is 4.61. The Morgan fingerprint density at radius 2 is 1.70 bits per heavy atom. The Kier molecular flexibility index (Phi) is 5.26. The molecule has 3 aromatic rings. The molecule has 5 rings (SSSR count). The highest BCUT2D eigenvalue weighted by molar-refractivity contribution is 6.10. The van der Waals surface area contributed by atoms with Gasteiger partial charge in [0.1, 0.15) is 5.69 Å². The third-order valence-corrected chi connectivity index (χ3v) is 6.14. The van der Waals surface area contributed by atoms with Crippen LogP contribution >= 0.6 is 0 Å². The Balaban J connectivity index is 1.31. The molecule has 0 aliphatic carbocycles. The maximum absolute atomic E-state index is 12.8. The number of carbonyl (C=O) groups is 2. The zero-order valence-electron chi connectivity index (χ0n) is 17.9. The van der Waals surface area contributed by atoms with Gasteiger partial charge in [-0.25, -0.2) is 0 Å². The number of amides is 2. The minimum Gasteiger partial charge on any atom is -0.366 e. The summed E-state index contributed by atoms with van der Waals surface area (Å²) in [6.45, 7) is 2.07. The van der Waals surface area contributed by atoms with Crippen LogP contribution in [0.3, 0.4) is 0 Å². The first-order chi connectivity index (χ1) is 16.0. The highest BCUT2D eigenvalue weighted by Crippen LogP contribution is 2.32. The molecule has 0 aromatic heterocycles. The summed E-state index contributed by atoms with van der Waals surface area (Å²) in [5, 5.41) is 14.4. The molecular formula is C25H22N4O4. The van der Waals surface area contributed by atoms with E-state index in [0.717, 1.165) is 37.2 Å². The number of nitrogens with one attached hydrogen (secondary N) is 1. The van der Waals surface area contributed by atoms with Crippen molar-refractivity contribution < 1.29 is 14.5 Å². The van der Waals surface area contributed by atoms with Crippen molar-refractivity contribution in [2.45, 2.75) is 19.4 Å². The minimum atomic E-state index is -0.440. The number of nitro benzene ring substituents is 1. The molecule has 2 aliphatic rings. The summed E-state index contributed by atoms with van der Waals surface area (Å²) in [4.78, 5) is 40.2. The topological polar surface area (TPSA) is 95.8 Å². The Bertz CT molecular complexity index is 1250. The summed E-state index contributed by atoms with van der Waals surface area (Å²) < 4.78 is 0. The standard InChI is InChI=1S/C25H22N4O4/c30-24(17-7-12-22(23(15-17)29(32)33)27-13-3-4-14-27)26-19-8-10-20(11-9-19)28-16-18-5-1-2-6-21(18)25(28)31/h1-2,5-12,15H,3-4,13-14,16H2,(H,26,30). The number of nitrogens with zero attached hydrogens (tertiary/aromatic N) is 3. The van der Waals surface area contributed by atoms with Crippen molar-refractivity contribution in [1.29, 1.82) is 0 Å². The molecule has 1 saturated heterocycles. The molecule has 8 heteroatoms. The maximum atomic E-state index is 12.8. The molecule has 0 bridgehead atoms. The zero-order valence-corrected chi connectivity index (χ0v) is 17.9. The highest BCUT2D eigenvalue weighted by Gasteiger charge is 2.28. The lowest BCUT2D eigenvalue weighted by atomic mass is 10.1. The van der Waals surface area contributed by atoms with Crippen LogP contribution in [0.2, 0.25) is 0 Å². The van der Waals surface area contributed by atoms with Crippen LogP contribution in [0, 0.1) is 10.1 Å². The zero-order chi connectivity index (χ0) is 22.9. The van der Waals surface area contributed by atoms with Crippen molar-refractivity contribution >= 4 is 34.6 Å². The lowest BCUT2D eigenvalue weighted by molar-refractivity contribution is -0.384. The van der Waals surface area contributed by atoms with Crippen LogP contribution in [-0.4, -0.2) is 29.8 Å². The summed E-state index contributed by atoms with van der Waals surface area (Å²) in [6.07, 6.45) is 2.01. The van der Waals surface area contributed by atoms with E-state index in [4.69, 9.17) is 0 Å². The normalized spacial score (nSPS) is 15.0. The van der Waals surface area contributed by atoms with E-state index in [-0.39, 0.29) is 17.2 Å². The van der Waals surface area contributed by atoms with Crippen LogP contribution in [-0.2, 0) is 6.54 Å². The second kappa shape index (κ2) is 8.38. The van der Waals surface area contributed by atoms with Gasteiger partial charge in [-0.05, 0) is 60.9 Å². The van der Waals surface area contributed by atoms with Crippen molar-refractivity contribution in [3.63, 3.8) is 0 Å².